The maximum absolute atomic E-state index is 5.58. The Morgan fingerprint density at radius 2 is 1.87 bits per heavy atom. The molecule has 0 aliphatic heterocycles. The van der Waals surface area contributed by atoms with Gasteiger partial charge in [-0.15, -0.1) is 21.5 Å². The normalized spacial score (nSPS) is 11.2. The van der Waals surface area contributed by atoms with Crippen LogP contribution in [0.1, 0.15) is 17.0 Å². The Bertz CT molecular complexity index is 1240. The third-order valence-corrected chi connectivity index (χ3v) is 6.54. The maximum Gasteiger partial charge on any atom is 0.192 e. The van der Waals surface area contributed by atoms with Crippen LogP contribution in [0.15, 0.2) is 80.4 Å². The van der Waals surface area contributed by atoms with Gasteiger partial charge in [0.05, 0.1) is 24.8 Å². The van der Waals surface area contributed by atoms with E-state index in [2.05, 4.69) is 44.2 Å². The Hall–Kier alpha value is -3.10. The summed E-state index contributed by atoms with van der Waals surface area (Å²) >= 11 is 3.19. The average molecular weight is 435 g/mol. The monoisotopic (exact) mass is 434 g/mol. The van der Waals surface area contributed by atoms with Gasteiger partial charge in [0.2, 0.25) is 0 Å². The highest BCUT2D eigenvalue weighted by molar-refractivity contribution is 7.98. The van der Waals surface area contributed by atoms with E-state index in [-0.39, 0.29) is 0 Å². The summed E-state index contributed by atoms with van der Waals surface area (Å²) in [4.78, 5) is 4.68. The highest BCUT2D eigenvalue weighted by Gasteiger charge is 2.18. The molecule has 0 N–H and O–H groups in total. The van der Waals surface area contributed by atoms with Gasteiger partial charge in [-0.05, 0) is 36.8 Å². The first kappa shape index (κ1) is 18.9. The van der Waals surface area contributed by atoms with Gasteiger partial charge in [0.25, 0.3) is 0 Å². The van der Waals surface area contributed by atoms with E-state index in [0.29, 0.717) is 12.3 Å². The third-order valence-electron chi connectivity index (χ3n) is 4.63. The standard InChI is InChI=1S/C22H18N4O2S2/c1-15-6-2-3-8-18(15)20-24-25-22(26(20)12-17-7-4-10-27-17)30-14-16-13-29-21(23-16)19-9-5-11-28-19/h2-11,13H,12,14H2,1H3. The van der Waals surface area contributed by atoms with Gasteiger partial charge in [0, 0.05) is 16.7 Å². The first-order valence-electron chi connectivity index (χ1n) is 9.40. The number of thiazole rings is 1. The Morgan fingerprint density at radius 3 is 2.67 bits per heavy atom. The molecule has 0 atom stereocenters. The summed E-state index contributed by atoms with van der Waals surface area (Å²) in [6.45, 7) is 2.65. The lowest BCUT2D eigenvalue weighted by atomic mass is 10.1. The highest BCUT2D eigenvalue weighted by atomic mass is 32.2. The summed E-state index contributed by atoms with van der Waals surface area (Å²) in [6.07, 6.45) is 3.35. The van der Waals surface area contributed by atoms with Gasteiger partial charge in [-0.25, -0.2) is 4.98 Å². The van der Waals surface area contributed by atoms with E-state index in [4.69, 9.17) is 8.83 Å². The van der Waals surface area contributed by atoms with Gasteiger partial charge >= 0.3 is 0 Å². The van der Waals surface area contributed by atoms with Gasteiger partial charge in [-0.1, -0.05) is 36.0 Å². The summed E-state index contributed by atoms with van der Waals surface area (Å²) in [6, 6.07) is 15.9. The van der Waals surface area contributed by atoms with Gasteiger partial charge in [-0.3, -0.25) is 4.57 Å². The molecule has 0 spiro atoms. The Kier molecular flexibility index (Phi) is 5.25. The molecule has 150 valence electrons. The molecule has 0 saturated carbocycles. The Morgan fingerprint density at radius 1 is 1.00 bits per heavy atom. The van der Waals surface area contributed by atoms with Gasteiger partial charge < -0.3 is 8.83 Å². The average Bonchev–Trinajstić information content (AvgIpc) is 3.55. The molecule has 4 heterocycles. The predicted octanol–water partition coefficient (Wildman–Crippen LogP) is 5.90. The minimum Gasteiger partial charge on any atom is -0.467 e. The van der Waals surface area contributed by atoms with Crippen molar-refractivity contribution in [2.24, 2.45) is 0 Å². The van der Waals surface area contributed by atoms with Gasteiger partial charge in [0.15, 0.2) is 21.7 Å². The number of furan rings is 2. The number of thioether (sulfide) groups is 1. The second kappa shape index (κ2) is 8.33. The van der Waals surface area contributed by atoms with Gasteiger partial charge in [0.1, 0.15) is 5.76 Å². The fourth-order valence-electron chi connectivity index (χ4n) is 3.14. The maximum atomic E-state index is 5.58. The zero-order valence-corrected chi connectivity index (χ0v) is 17.8. The quantitative estimate of drug-likeness (QED) is 0.297. The minimum atomic E-state index is 0.570. The molecule has 0 bridgehead atoms. The highest BCUT2D eigenvalue weighted by Crippen LogP contribution is 2.31. The molecular formula is C22H18N4O2S2. The van der Waals surface area contributed by atoms with Crippen molar-refractivity contribution in [3.8, 4) is 22.2 Å². The molecule has 0 fully saturated rings. The lowest BCUT2D eigenvalue weighted by Gasteiger charge is -2.10. The number of aromatic nitrogens is 4. The van der Waals surface area contributed by atoms with Crippen molar-refractivity contribution >= 4 is 23.1 Å². The minimum absolute atomic E-state index is 0.570. The molecule has 0 saturated heterocycles. The van der Waals surface area contributed by atoms with E-state index < -0.39 is 0 Å². The van der Waals surface area contributed by atoms with Crippen LogP contribution in [0.25, 0.3) is 22.2 Å². The van der Waals surface area contributed by atoms with E-state index in [0.717, 1.165) is 44.3 Å². The first-order chi connectivity index (χ1) is 14.8. The first-order valence-corrected chi connectivity index (χ1v) is 11.3. The van der Waals surface area contributed by atoms with Crippen molar-refractivity contribution in [3.05, 3.63) is 83.5 Å². The molecule has 30 heavy (non-hydrogen) atoms. The fourth-order valence-corrected chi connectivity index (χ4v) is 4.87. The molecule has 4 aromatic heterocycles. The topological polar surface area (TPSA) is 69.9 Å². The summed E-state index contributed by atoms with van der Waals surface area (Å²) in [5.41, 5.74) is 3.21. The van der Waals surface area contributed by atoms with Crippen molar-refractivity contribution in [2.45, 2.75) is 24.4 Å². The molecule has 5 rings (SSSR count). The van der Waals surface area contributed by atoms with E-state index in [1.807, 2.05) is 36.4 Å². The van der Waals surface area contributed by atoms with Crippen LogP contribution in [0, 0.1) is 6.92 Å². The van der Waals surface area contributed by atoms with Crippen LogP contribution < -0.4 is 0 Å². The van der Waals surface area contributed by atoms with Crippen LogP contribution in [-0.4, -0.2) is 19.7 Å². The van der Waals surface area contributed by atoms with Crippen LogP contribution in [0.3, 0.4) is 0 Å². The van der Waals surface area contributed by atoms with E-state index in [9.17, 15) is 0 Å². The molecule has 0 aliphatic rings. The SMILES string of the molecule is Cc1ccccc1-c1nnc(SCc2csc(-c3ccco3)n2)n1Cc1ccco1. The number of hydrogen-bond donors (Lipinski definition) is 0. The molecule has 1 aromatic carbocycles. The van der Waals surface area contributed by atoms with E-state index >= 15 is 0 Å². The second-order valence-corrected chi connectivity index (χ2v) is 8.50. The molecule has 0 unspecified atom stereocenters. The largest absolute Gasteiger partial charge is 0.467 e. The summed E-state index contributed by atoms with van der Waals surface area (Å²) in [5, 5.41) is 12.8. The summed E-state index contributed by atoms with van der Waals surface area (Å²) in [7, 11) is 0. The number of benzene rings is 1. The third kappa shape index (κ3) is 3.83. The van der Waals surface area contributed by atoms with E-state index in [1.165, 1.54) is 0 Å². The Balaban J connectivity index is 1.42. The zero-order chi connectivity index (χ0) is 20.3. The molecule has 0 radical (unpaired) electrons. The molecule has 8 heteroatoms. The molecule has 0 aliphatic carbocycles. The van der Waals surface area contributed by atoms with Crippen LogP contribution >= 0.6 is 23.1 Å². The fraction of sp³-hybridized carbons (Fsp3) is 0.136. The Labute approximate surface area is 181 Å². The zero-order valence-electron chi connectivity index (χ0n) is 16.2. The van der Waals surface area contributed by atoms with Crippen LogP contribution in [0.4, 0.5) is 0 Å². The van der Waals surface area contributed by atoms with Crippen molar-refractivity contribution < 1.29 is 8.83 Å². The predicted molar refractivity (Wildman–Crippen MR) is 117 cm³/mol. The number of rotatable bonds is 7. The van der Waals surface area contributed by atoms with Crippen molar-refractivity contribution in [3.63, 3.8) is 0 Å². The van der Waals surface area contributed by atoms with Crippen molar-refractivity contribution in [1.82, 2.24) is 19.7 Å². The number of aryl methyl sites for hydroxylation is 1. The second-order valence-electron chi connectivity index (χ2n) is 6.70. The number of nitrogens with zero attached hydrogens (tertiary/aromatic N) is 4. The van der Waals surface area contributed by atoms with Crippen LogP contribution in [0.5, 0.6) is 0 Å². The summed E-state index contributed by atoms with van der Waals surface area (Å²) in [5.74, 6) is 3.18. The lowest BCUT2D eigenvalue weighted by molar-refractivity contribution is 0.485. The van der Waals surface area contributed by atoms with Crippen molar-refractivity contribution in [1.29, 1.82) is 0 Å². The lowest BCUT2D eigenvalue weighted by Crippen LogP contribution is -2.04. The molecule has 0 amide bonds. The molecule has 5 aromatic rings. The molecular weight excluding hydrogens is 416 g/mol. The summed E-state index contributed by atoms with van der Waals surface area (Å²) < 4.78 is 13.1. The smallest absolute Gasteiger partial charge is 0.192 e. The number of hydrogen-bond acceptors (Lipinski definition) is 7. The van der Waals surface area contributed by atoms with Gasteiger partial charge in [-0.2, -0.15) is 0 Å². The van der Waals surface area contributed by atoms with E-state index in [1.54, 1.807) is 35.6 Å². The molecule has 6 nitrogen and oxygen atoms in total. The van der Waals surface area contributed by atoms with Crippen LogP contribution in [0.2, 0.25) is 0 Å². The van der Waals surface area contributed by atoms with Crippen molar-refractivity contribution in [2.75, 3.05) is 0 Å². The van der Waals surface area contributed by atoms with Crippen LogP contribution in [-0.2, 0) is 12.3 Å².